The normalized spacial score (nSPS) is 11.8. The molecule has 0 saturated heterocycles. The van der Waals surface area contributed by atoms with E-state index in [1.54, 1.807) is 0 Å². The maximum atomic E-state index is 14.1. The van der Waals surface area contributed by atoms with Crippen LogP contribution in [0.1, 0.15) is 0 Å². The van der Waals surface area contributed by atoms with Gasteiger partial charge in [-0.05, 0) is 15.6 Å². The molecular formula is C24H26F2OSi2. The summed E-state index contributed by atoms with van der Waals surface area (Å²) in [5.74, 6) is -0.160. The molecule has 0 fully saturated rings. The minimum atomic E-state index is -3.17. The topological polar surface area (TPSA) is 9.23 Å². The molecule has 0 radical (unpaired) electrons. The van der Waals surface area contributed by atoms with Crippen molar-refractivity contribution < 1.29 is 13.2 Å². The van der Waals surface area contributed by atoms with E-state index < -0.39 is 22.5 Å². The molecule has 0 saturated carbocycles. The first-order valence-corrected chi connectivity index (χ1v) is 15.3. The molecule has 0 aliphatic rings. The van der Waals surface area contributed by atoms with E-state index in [0.717, 1.165) is 15.6 Å². The van der Waals surface area contributed by atoms with Crippen molar-refractivity contribution in [3.05, 3.63) is 103 Å². The van der Waals surface area contributed by atoms with Crippen LogP contribution in [0.2, 0.25) is 25.7 Å². The SMILES string of the molecule is C[Si](C)(C)CC(O[Si](c1ccccc1)(c1ccccc1)c1ccccc1)=C(F)F. The Morgan fingerprint density at radius 2 is 1.00 bits per heavy atom. The second kappa shape index (κ2) is 8.88. The van der Waals surface area contributed by atoms with Crippen LogP contribution < -0.4 is 15.6 Å². The van der Waals surface area contributed by atoms with Crippen LogP contribution in [0.15, 0.2) is 103 Å². The first kappa shape index (κ1) is 21.2. The maximum Gasteiger partial charge on any atom is 0.346 e. The molecule has 29 heavy (non-hydrogen) atoms. The van der Waals surface area contributed by atoms with Crippen LogP contribution in [0.5, 0.6) is 0 Å². The Hall–Kier alpha value is -2.51. The molecule has 0 aromatic heterocycles. The zero-order chi connectivity index (χ0) is 20.9. The molecule has 0 aliphatic heterocycles. The summed E-state index contributed by atoms with van der Waals surface area (Å²) >= 11 is 0. The summed E-state index contributed by atoms with van der Waals surface area (Å²) in [6, 6.07) is 29.7. The number of allylic oxidation sites excluding steroid dienone is 1. The third-order valence-electron chi connectivity index (χ3n) is 4.72. The smallest absolute Gasteiger partial charge is 0.346 e. The quantitative estimate of drug-likeness (QED) is 0.291. The molecule has 150 valence electrons. The first-order valence-electron chi connectivity index (χ1n) is 9.73. The number of rotatable bonds is 7. The fourth-order valence-electron chi connectivity index (χ4n) is 3.50. The standard InChI is InChI=1S/C24H26F2OSi2/c1-28(2,3)19-23(24(25)26)27-29(20-13-7-4-8-14-20,21-15-9-5-10-16-21)22-17-11-6-12-18-22/h4-18H,19H2,1-3H3. The van der Waals surface area contributed by atoms with Crippen molar-refractivity contribution in [3.63, 3.8) is 0 Å². The number of hydrogen-bond donors (Lipinski definition) is 0. The van der Waals surface area contributed by atoms with Crippen LogP contribution in [0.4, 0.5) is 8.78 Å². The monoisotopic (exact) mass is 424 g/mol. The Balaban J connectivity index is 2.29. The molecule has 3 aromatic rings. The molecule has 5 heteroatoms. The lowest BCUT2D eigenvalue weighted by Crippen LogP contribution is -2.69. The van der Waals surface area contributed by atoms with Gasteiger partial charge in [-0.1, -0.05) is 111 Å². The lowest BCUT2D eigenvalue weighted by Gasteiger charge is -2.35. The van der Waals surface area contributed by atoms with E-state index in [0.29, 0.717) is 6.04 Å². The van der Waals surface area contributed by atoms with Crippen molar-refractivity contribution in [3.8, 4) is 0 Å². The maximum absolute atomic E-state index is 14.1. The van der Waals surface area contributed by atoms with E-state index in [-0.39, 0.29) is 5.76 Å². The molecule has 0 atom stereocenters. The molecule has 3 rings (SSSR count). The van der Waals surface area contributed by atoms with Gasteiger partial charge in [0, 0.05) is 6.04 Å². The number of halogens is 2. The molecule has 0 heterocycles. The minimum Gasteiger partial charge on any atom is -0.530 e. The molecular weight excluding hydrogens is 398 g/mol. The van der Waals surface area contributed by atoms with Crippen molar-refractivity contribution >= 4 is 32.0 Å². The van der Waals surface area contributed by atoms with Crippen LogP contribution >= 0.6 is 0 Å². The van der Waals surface area contributed by atoms with Crippen LogP contribution in [-0.4, -0.2) is 16.4 Å². The Kier molecular flexibility index (Phi) is 6.50. The first-order chi connectivity index (χ1) is 13.8. The average Bonchev–Trinajstić information content (AvgIpc) is 2.72. The van der Waals surface area contributed by atoms with Crippen LogP contribution in [0, 0.1) is 0 Å². The molecule has 3 aromatic carbocycles. The molecule has 0 amide bonds. The zero-order valence-corrected chi connectivity index (χ0v) is 19.0. The molecule has 0 unspecified atom stereocenters. The summed E-state index contributed by atoms with van der Waals surface area (Å²) in [4.78, 5) is 0. The van der Waals surface area contributed by atoms with Gasteiger partial charge in [0.25, 0.3) is 0 Å². The highest BCUT2D eigenvalue weighted by Crippen LogP contribution is 2.26. The van der Waals surface area contributed by atoms with Crippen molar-refractivity contribution in [1.29, 1.82) is 0 Å². The average molecular weight is 425 g/mol. The van der Waals surface area contributed by atoms with Crippen molar-refractivity contribution in [2.45, 2.75) is 25.7 Å². The lowest BCUT2D eigenvalue weighted by molar-refractivity contribution is 0.332. The Labute approximate surface area is 173 Å². The Morgan fingerprint density at radius 1 is 0.655 bits per heavy atom. The van der Waals surface area contributed by atoms with Gasteiger partial charge in [-0.25, -0.2) is 0 Å². The fourth-order valence-corrected chi connectivity index (χ4v) is 8.67. The number of benzene rings is 3. The van der Waals surface area contributed by atoms with Crippen molar-refractivity contribution in [2.24, 2.45) is 0 Å². The van der Waals surface area contributed by atoms with Gasteiger partial charge in [0.1, 0.15) is 5.76 Å². The van der Waals surface area contributed by atoms with Crippen molar-refractivity contribution in [2.75, 3.05) is 0 Å². The van der Waals surface area contributed by atoms with E-state index >= 15 is 0 Å². The van der Waals surface area contributed by atoms with E-state index in [2.05, 4.69) is 19.6 Å². The number of hydrogen-bond acceptors (Lipinski definition) is 1. The summed E-state index contributed by atoms with van der Waals surface area (Å²) in [5.41, 5.74) is 0. The van der Waals surface area contributed by atoms with Gasteiger partial charge in [0.2, 0.25) is 0 Å². The summed E-state index contributed by atoms with van der Waals surface area (Å²) < 4.78 is 34.7. The second-order valence-corrected chi connectivity index (χ2v) is 17.1. The predicted octanol–water partition coefficient (Wildman–Crippen LogP) is 5.12. The van der Waals surface area contributed by atoms with Gasteiger partial charge in [0.15, 0.2) is 0 Å². The minimum absolute atomic E-state index is 0.160. The third kappa shape index (κ3) is 4.92. The predicted molar refractivity (Wildman–Crippen MR) is 122 cm³/mol. The van der Waals surface area contributed by atoms with Gasteiger partial charge >= 0.3 is 14.4 Å². The summed E-state index contributed by atoms with van der Waals surface area (Å²) in [6.45, 7) is 6.24. The molecule has 0 aliphatic carbocycles. The molecule has 1 nitrogen and oxygen atoms in total. The van der Waals surface area contributed by atoms with Crippen LogP contribution in [-0.2, 0) is 4.43 Å². The third-order valence-corrected chi connectivity index (χ3v) is 10.1. The second-order valence-electron chi connectivity index (χ2n) is 8.30. The van der Waals surface area contributed by atoms with E-state index in [1.807, 2.05) is 91.0 Å². The Morgan fingerprint density at radius 3 is 1.28 bits per heavy atom. The van der Waals surface area contributed by atoms with Gasteiger partial charge in [-0.3, -0.25) is 0 Å². The summed E-state index contributed by atoms with van der Waals surface area (Å²) in [5, 5.41) is 2.85. The Bertz CT molecular complexity index is 852. The molecule has 0 N–H and O–H groups in total. The highest BCUT2D eigenvalue weighted by molar-refractivity contribution is 7.07. The fraction of sp³-hybridized carbons (Fsp3) is 0.167. The molecule has 0 bridgehead atoms. The van der Waals surface area contributed by atoms with Crippen molar-refractivity contribution in [1.82, 2.24) is 0 Å². The largest absolute Gasteiger partial charge is 0.530 e. The van der Waals surface area contributed by atoms with Gasteiger partial charge in [-0.15, -0.1) is 0 Å². The van der Waals surface area contributed by atoms with Gasteiger partial charge < -0.3 is 4.43 Å². The van der Waals surface area contributed by atoms with Crippen LogP contribution in [0.3, 0.4) is 0 Å². The van der Waals surface area contributed by atoms with E-state index in [9.17, 15) is 8.78 Å². The summed E-state index contributed by atoms with van der Waals surface area (Å²) in [7, 11) is -4.99. The van der Waals surface area contributed by atoms with E-state index in [4.69, 9.17) is 4.43 Å². The lowest BCUT2D eigenvalue weighted by atomic mass is 10.3. The zero-order valence-electron chi connectivity index (χ0n) is 17.0. The van der Waals surface area contributed by atoms with Gasteiger partial charge in [0.05, 0.1) is 8.07 Å². The van der Waals surface area contributed by atoms with Crippen LogP contribution in [0.25, 0.3) is 0 Å². The highest BCUT2D eigenvalue weighted by atomic mass is 28.4. The van der Waals surface area contributed by atoms with E-state index in [1.165, 1.54) is 0 Å². The summed E-state index contributed by atoms with van der Waals surface area (Å²) in [6.07, 6.45) is -1.72. The highest BCUT2D eigenvalue weighted by Gasteiger charge is 2.45. The van der Waals surface area contributed by atoms with Gasteiger partial charge in [-0.2, -0.15) is 8.78 Å². The molecule has 0 spiro atoms.